The van der Waals surface area contributed by atoms with Gasteiger partial charge in [0.1, 0.15) is 5.51 Å². The third-order valence-corrected chi connectivity index (χ3v) is 2.67. The molecule has 2 rings (SSSR count). The van der Waals surface area contributed by atoms with E-state index in [1.54, 1.807) is 11.7 Å². The first-order valence-corrected chi connectivity index (χ1v) is 5.83. The molecule has 0 saturated heterocycles. The highest BCUT2D eigenvalue weighted by molar-refractivity contribution is 9.10. The molecule has 1 aromatic carbocycles. The van der Waals surface area contributed by atoms with E-state index in [0.717, 1.165) is 10.0 Å². The van der Waals surface area contributed by atoms with Crippen LogP contribution in [0.15, 0.2) is 39.4 Å². The van der Waals surface area contributed by atoms with Gasteiger partial charge in [-0.05, 0) is 17.7 Å². The zero-order valence-corrected chi connectivity index (χ0v) is 9.99. The summed E-state index contributed by atoms with van der Waals surface area (Å²) in [6.07, 6.45) is 1.73. The van der Waals surface area contributed by atoms with E-state index in [0.29, 0.717) is 5.13 Å². The maximum atomic E-state index is 4.04. The van der Waals surface area contributed by atoms with E-state index < -0.39 is 0 Å². The fourth-order valence-corrected chi connectivity index (χ4v) is 1.78. The monoisotopic (exact) mass is 282 g/mol. The van der Waals surface area contributed by atoms with Crippen molar-refractivity contribution >= 4 is 38.6 Å². The second-order valence-electron chi connectivity index (χ2n) is 2.67. The van der Waals surface area contributed by atoms with Gasteiger partial charge in [-0.2, -0.15) is 5.10 Å². The number of benzene rings is 1. The zero-order valence-electron chi connectivity index (χ0n) is 7.59. The van der Waals surface area contributed by atoms with Crippen molar-refractivity contribution in [2.24, 2.45) is 5.10 Å². The number of hydrazone groups is 1. The van der Waals surface area contributed by atoms with E-state index in [4.69, 9.17) is 0 Å². The van der Waals surface area contributed by atoms with Gasteiger partial charge in [0.25, 0.3) is 0 Å². The number of anilines is 1. The van der Waals surface area contributed by atoms with E-state index in [-0.39, 0.29) is 0 Å². The van der Waals surface area contributed by atoms with Gasteiger partial charge in [0.2, 0.25) is 5.13 Å². The maximum Gasteiger partial charge on any atom is 0.225 e. The molecule has 0 saturated carbocycles. The van der Waals surface area contributed by atoms with Gasteiger partial charge < -0.3 is 0 Å². The van der Waals surface area contributed by atoms with E-state index in [1.807, 2.05) is 24.3 Å². The van der Waals surface area contributed by atoms with E-state index in [1.165, 1.54) is 11.3 Å². The van der Waals surface area contributed by atoms with Crippen molar-refractivity contribution in [1.29, 1.82) is 0 Å². The summed E-state index contributed by atoms with van der Waals surface area (Å²) in [5.41, 5.74) is 5.46. The number of rotatable bonds is 3. The summed E-state index contributed by atoms with van der Waals surface area (Å²) in [5.74, 6) is 0. The largest absolute Gasteiger partial charge is 0.251 e. The molecule has 1 N–H and O–H groups in total. The molecule has 0 spiro atoms. The lowest BCUT2D eigenvalue weighted by Gasteiger charge is -1.94. The van der Waals surface area contributed by atoms with Crippen LogP contribution in [0.25, 0.3) is 0 Å². The van der Waals surface area contributed by atoms with Gasteiger partial charge in [-0.1, -0.05) is 39.4 Å². The molecule has 0 amide bonds. The number of nitrogens with zero attached hydrogens (tertiary/aromatic N) is 3. The van der Waals surface area contributed by atoms with E-state index >= 15 is 0 Å². The van der Waals surface area contributed by atoms with Crippen LogP contribution in [0.4, 0.5) is 5.13 Å². The van der Waals surface area contributed by atoms with Crippen LogP contribution in [0.5, 0.6) is 0 Å². The Morgan fingerprint density at radius 1 is 1.47 bits per heavy atom. The lowest BCUT2D eigenvalue weighted by molar-refractivity contribution is 1.08. The second-order valence-corrected chi connectivity index (χ2v) is 4.42. The first-order chi connectivity index (χ1) is 7.34. The Kier molecular flexibility index (Phi) is 3.41. The third kappa shape index (κ3) is 3.10. The van der Waals surface area contributed by atoms with Gasteiger partial charge >= 0.3 is 0 Å². The third-order valence-electron chi connectivity index (χ3n) is 1.58. The predicted octanol–water partition coefficient (Wildman–Crippen LogP) is 2.75. The van der Waals surface area contributed by atoms with Crippen LogP contribution >= 0.6 is 27.3 Å². The quantitative estimate of drug-likeness (QED) is 0.696. The van der Waals surface area contributed by atoms with Crippen LogP contribution in [0, 0.1) is 0 Å². The average molecular weight is 283 g/mol. The van der Waals surface area contributed by atoms with Crippen molar-refractivity contribution in [3.63, 3.8) is 0 Å². The standard InChI is InChI=1S/C9H7BrN4S/c10-8-3-1-2-7(4-8)5-11-13-9-14-12-6-15-9/h1-6H,(H,13,14)/b11-5+. The van der Waals surface area contributed by atoms with Crippen molar-refractivity contribution in [3.05, 3.63) is 39.8 Å². The Morgan fingerprint density at radius 2 is 2.40 bits per heavy atom. The van der Waals surface area contributed by atoms with Crippen LogP contribution in [0.2, 0.25) is 0 Å². The van der Waals surface area contributed by atoms with Crippen LogP contribution < -0.4 is 5.43 Å². The average Bonchev–Trinajstić information content (AvgIpc) is 2.71. The summed E-state index contributed by atoms with van der Waals surface area (Å²) in [7, 11) is 0. The molecule has 0 aliphatic carbocycles. The summed E-state index contributed by atoms with van der Waals surface area (Å²) in [5, 5.41) is 12.2. The molecule has 0 aliphatic rings. The van der Waals surface area contributed by atoms with Gasteiger partial charge in [0.05, 0.1) is 6.21 Å². The summed E-state index contributed by atoms with van der Waals surface area (Å²) in [4.78, 5) is 0. The highest BCUT2D eigenvalue weighted by Crippen LogP contribution is 2.10. The Balaban J connectivity index is 2.00. The number of hydrogen-bond donors (Lipinski definition) is 1. The maximum absolute atomic E-state index is 4.04. The molecular formula is C9H7BrN4S. The Bertz CT molecular complexity index is 455. The summed E-state index contributed by atoms with van der Waals surface area (Å²) in [6, 6.07) is 7.87. The number of aromatic nitrogens is 2. The van der Waals surface area contributed by atoms with Gasteiger partial charge in [0.15, 0.2) is 0 Å². The minimum atomic E-state index is 0.682. The molecule has 2 aromatic rings. The molecule has 0 bridgehead atoms. The Hall–Kier alpha value is -1.27. The predicted molar refractivity (Wildman–Crippen MR) is 65.3 cm³/mol. The summed E-state index contributed by atoms with van der Waals surface area (Å²) < 4.78 is 1.03. The molecule has 15 heavy (non-hydrogen) atoms. The Morgan fingerprint density at radius 3 is 3.13 bits per heavy atom. The number of halogens is 1. The topological polar surface area (TPSA) is 50.2 Å². The minimum absolute atomic E-state index is 0.682. The Labute approximate surface area is 99.2 Å². The van der Waals surface area contributed by atoms with Crippen molar-refractivity contribution in [2.75, 3.05) is 5.43 Å². The lowest BCUT2D eigenvalue weighted by Crippen LogP contribution is -1.89. The molecule has 1 aromatic heterocycles. The van der Waals surface area contributed by atoms with Gasteiger partial charge in [-0.25, -0.2) is 0 Å². The minimum Gasteiger partial charge on any atom is -0.251 e. The smallest absolute Gasteiger partial charge is 0.225 e. The molecule has 0 fully saturated rings. The van der Waals surface area contributed by atoms with Crippen LogP contribution in [0.1, 0.15) is 5.56 Å². The second kappa shape index (κ2) is 4.99. The molecule has 1 heterocycles. The molecule has 4 nitrogen and oxygen atoms in total. The van der Waals surface area contributed by atoms with Crippen LogP contribution in [0.3, 0.4) is 0 Å². The normalized spacial score (nSPS) is 10.7. The molecule has 76 valence electrons. The fourth-order valence-electron chi connectivity index (χ4n) is 0.971. The molecule has 0 aliphatic heterocycles. The SMILES string of the molecule is Brc1cccc(/C=N/Nc2nncs2)c1. The number of hydrogen-bond acceptors (Lipinski definition) is 5. The van der Waals surface area contributed by atoms with Gasteiger partial charge in [-0.3, -0.25) is 5.43 Å². The highest BCUT2D eigenvalue weighted by Gasteiger charge is 1.91. The summed E-state index contributed by atoms with van der Waals surface area (Å²) >= 11 is 4.80. The summed E-state index contributed by atoms with van der Waals surface area (Å²) in [6.45, 7) is 0. The van der Waals surface area contributed by atoms with Crippen molar-refractivity contribution < 1.29 is 0 Å². The molecule has 0 radical (unpaired) electrons. The van der Waals surface area contributed by atoms with Crippen molar-refractivity contribution in [2.45, 2.75) is 0 Å². The van der Waals surface area contributed by atoms with Crippen LogP contribution in [-0.4, -0.2) is 16.4 Å². The molecule has 0 atom stereocenters. The van der Waals surface area contributed by atoms with Gasteiger partial charge in [0, 0.05) is 4.47 Å². The van der Waals surface area contributed by atoms with Gasteiger partial charge in [-0.15, -0.1) is 10.2 Å². The van der Waals surface area contributed by atoms with E-state index in [2.05, 4.69) is 36.7 Å². The molecular weight excluding hydrogens is 276 g/mol. The fraction of sp³-hybridized carbons (Fsp3) is 0. The zero-order chi connectivity index (χ0) is 10.5. The first-order valence-electron chi connectivity index (χ1n) is 4.15. The molecule has 0 unspecified atom stereocenters. The lowest BCUT2D eigenvalue weighted by atomic mass is 10.2. The first kappa shape index (κ1) is 10.3. The van der Waals surface area contributed by atoms with Crippen LogP contribution in [-0.2, 0) is 0 Å². The van der Waals surface area contributed by atoms with Crippen molar-refractivity contribution in [1.82, 2.24) is 10.2 Å². The number of nitrogens with one attached hydrogen (secondary N) is 1. The highest BCUT2D eigenvalue weighted by atomic mass is 79.9. The molecule has 6 heteroatoms. The van der Waals surface area contributed by atoms with Crippen molar-refractivity contribution in [3.8, 4) is 0 Å². The van der Waals surface area contributed by atoms with E-state index in [9.17, 15) is 0 Å².